The van der Waals surface area contributed by atoms with Gasteiger partial charge < -0.3 is 19.5 Å². The maximum Gasteiger partial charge on any atom is 0.244 e. The molecule has 0 atom stereocenters. The van der Waals surface area contributed by atoms with Crippen LogP contribution in [0.25, 0.3) is 11.4 Å². The highest BCUT2D eigenvalue weighted by Gasteiger charge is 2.16. The molecule has 0 saturated carbocycles. The Kier molecular flexibility index (Phi) is 6.40. The van der Waals surface area contributed by atoms with E-state index >= 15 is 0 Å². The first-order valence-electron chi connectivity index (χ1n) is 8.47. The van der Waals surface area contributed by atoms with Gasteiger partial charge in [-0.15, -0.1) is 0 Å². The average molecular weight is 435 g/mol. The van der Waals surface area contributed by atoms with E-state index in [0.29, 0.717) is 32.8 Å². The summed E-state index contributed by atoms with van der Waals surface area (Å²) >= 11 is 11.4. The Morgan fingerprint density at radius 1 is 1.14 bits per heavy atom. The summed E-state index contributed by atoms with van der Waals surface area (Å²) in [6, 6.07) is 10.5. The standard InChI is InChI=1S/C19H19ClN4O4S/c1-26-12-6-4-11(5-7-12)18-22-23-19(29)24(18)10-17(25)21-14-8-13(20)15(27-2)9-16(14)28-3/h4-9H,10H2,1-3H3,(H,21,25)(H,23,29). The number of halogens is 1. The summed E-state index contributed by atoms with van der Waals surface area (Å²) in [6.45, 7) is -0.0521. The number of hydrogen-bond acceptors (Lipinski definition) is 6. The maximum atomic E-state index is 12.7. The number of carbonyl (C=O) groups excluding carboxylic acids is 1. The fourth-order valence-electron chi connectivity index (χ4n) is 2.72. The molecule has 0 radical (unpaired) electrons. The summed E-state index contributed by atoms with van der Waals surface area (Å²) in [4.78, 5) is 12.7. The number of methoxy groups -OCH3 is 3. The molecule has 0 aliphatic carbocycles. The lowest BCUT2D eigenvalue weighted by atomic mass is 10.2. The fraction of sp³-hybridized carbons (Fsp3) is 0.211. The van der Waals surface area contributed by atoms with Gasteiger partial charge in [0.1, 0.15) is 23.8 Å². The normalized spacial score (nSPS) is 10.5. The van der Waals surface area contributed by atoms with Gasteiger partial charge in [0.15, 0.2) is 10.6 Å². The number of H-pyrrole nitrogens is 1. The molecule has 8 nitrogen and oxygen atoms in total. The van der Waals surface area contributed by atoms with Gasteiger partial charge in [0.25, 0.3) is 0 Å². The number of carbonyl (C=O) groups is 1. The second-order valence-electron chi connectivity index (χ2n) is 5.90. The Balaban J connectivity index is 1.84. The molecule has 29 heavy (non-hydrogen) atoms. The molecule has 10 heteroatoms. The number of nitrogens with one attached hydrogen (secondary N) is 2. The van der Waals surface area contributed by atoms with Crippen molar-refractivity contribution in [1.82, 2.24) is 14.8 Å². The van der Waals surface area contributed by atoms with Crippen molar-refractivity contribution in [2.75, 3.05) is 26.6 Å². The SMILES string of the molecule is COc1ccc(-c2n[nH]c(=S)n2CC(=O)Nc2cc(Cl)c(OC)cc2OC)cc1. The zero-order chi connectivity index (χ0) is 21.0. The third kappa shape index (κ3) is 4.52. The largest absolute Gasteiger partial charge is 0.497 e. The predicted molar refractivity (Wildman–Crippen MR) is 113 cm³/mol. The number of amides is 1. The van der Waals surface area contributed by atoms with E-state index in [-0.39, 0.29) is 12.5 Å². The van der Waals surface area contributed by atoms with Crippen LogP contribution in [0, 0.1) is 4.77 Å². The highest BCUT2D eigenvalue weighted by Crippen LogP contribution is 2.36. The highest BCUT2D eigenvalue weighted by molar-refractivity contribution is 7.71. The molecule has 1 aromatic heterocycles. The number of anilines is 1. The summed E-state index contributed by atoms with van der Waals surface area (Å²) in [6.07, 6.45) is 0. The highest BCUT2D eigenvalue weighted by atomic mass is 35.5. The van der Waals surface area contributed by atoms with Gasteiger partial charge in [-0.05, 0) is 42.5 Å². The van der Waals surface area contributed by atoms with Crippen molar-refractivity contribution in [2.45, 2.75) is 6.54 Å². The molecule has 1 amide bonds. The summed E-state index contributed by atoms with van der Waals surface area (Å²) in [7, 11) is 4.58. The summed E-state index contributed by atoms with van der Waals surface area (Å²) in [5.74, 6) is 1.80. The van der Waals surface area contributed by atoms with Crippen LogP contribution < -0.4 is 19.5 Å². The Hall–Kier alpha value is -3.04. The van der Waals surface area contributed by atoms with Gasteiger partial charge in [-0.2, -0.15) is 5.10 Å². The van der Waals surface area contributed by atoms with Crippen LogP contribution in [0.5, 0.6) is 17.2 Å². The molecule has 2 aromatic carbocycles. The van der Waals surface area contributed by atoms with Gasteiger partial charge in [0.05, 0.1) is 32.0 Å². The molecule has 0 bridgehead atoms. The van der Waals surface area contributed by atoms with Crippen LogP contribution in [0.4, 0.5) is 5.69 Å². The number of benzene rings is 2. The van der Waals surface area contributed by atoms with E-state index in [1.807, 2.05) is 24.3 Å². The number of ether oxygens (including phenoxy) is 3. The van der Waals surface area contributed by atoms with Gasteiger partial charge in [0, 0.05) is 11.6 Å². The molecule has 0 spiro atoms. The molecule has 1 heterocycles. The first kappa shape index (κ1) is 20.7. The monoisotopic (exact) mass is 434 g/mol. The van der Waals surface area contributed by atoms with Crippen LogP contribution >= 0.6 is 23.8 Å². The van der Waals surface area contributed by atoms with Crippen LogP contribution in [0.1, 0.15) is 0 Å². The number of nitrogens with zero attached hydrogens (tertiary/aromatic N) is 2. The Bertz CT molecular complexity index is 1080. The third-order valence-electron chi connectivity index (χ3n) is 4.16. The third-order valence-corrected chi connectivity index (χ3v) is 4.76. The topological polar surface area (TPSA) is 90.4 Å². The number of aromatic amines is 1. The second-order valence-corrected chi connectivity index (χ2v) is 6.70. The van der Waals surface area contributed by atoms with Gasteiger partial charge in [-0.25, -0.2) is 0 Å². The predicted octanol–water partition coefficient (Wildman–Crippen LogP) is 3.93. The molecular formula is C19H19ClN4O4S. The molecule has 0 unspecified atom stereocenters. The molecule has 0 fully saturated rings. The summed E-state index contributed by atoms with van der Waals surface area (Å²) < 4.78 is 17.6. The molecule has 0 aliphatic heterocycles. The van der Waals surface area contributed by atoms with Crippen molar-refractivity contribution in [1.29, 1.82) is 0 Å². The Labute approximate surface area is 177 Å². The average Bonchev–Trinajstić information content (AvgIpc) is 3.08. The second kappa shape index (κ2) is 8.97. The van der Waals surface area contributed by atoms with Crippen molar-refractivity contribution in [3.63, 3.8) is 0 Å². The van der Waals surface area contributed by atoms with Crippen molar-refractivity contribution >= 4 is 35.4 Å². The van der Waals surface area contributed by atoms with E-state index < -0.39 is 0 Å². The lowest BCUT2D eigenvalue weighted by molar-refractivity contribution is -0.116. The Morgan fingerprint density at radius 3 is 2.45 bits per heavy atom. The first-order valence-corrected chi connectivity index (χ1v) is 9.26. The van der Waals surface area contributed by atoms with Gasteiger partial charge in [-0.1, -0.05) is 11.6 Å². The smallest absolute Gasteiger partial charge is 0.244 e. The van der Waals surface area contributed by atoms with Crippen LogP contribution in [-0.4, -0.2) is 42.0 Å². The van der Waals surface area contributed by atoms with E-state index in [4.69, 9.17) is 38.0 Å². The number of rotatable bonds is 7. The fourth-order valence-corrected chi connectivity index (χ4v) is 3.15. The molecular weight excluding hydrogens is 416 g/mol. The number of aromatic nitrogens is 3. The number of hydrogen-bond donors (Lipinski definition) is 2. The van der Waals surface area contributed by atoms with Crippen LogP contribution in [-0.2, 0) is 11.3 Å². The Morgan fingerprint density at radius 2 is 1.83 bits per heavy atom. The molecule has 152 valence electrons. The lowest BCUT2D eigenvalue weighted by Gasteiger charge is -2.14. The van der Waals surface area contributed by atoms with Crippen molar-refractivity contribution in [3.8, 4) is 28.6 Å². The van der Waals surface area contributed by atoms with Crippen molar-refractivity contribution < 1.29 is 19.0 Å². The first-order chi connectivity index (χ1) is 14.0. The van der Waals surface area contributed by atoms with E-state index in [0.717, 1.165) is 11.3 Å². The minimum Gasteiger partial charge on any atom is -0.497 e. The molecule has 0 saturated heterocycles. The maximum absolute atomic E-state index is 12.7. The summed E-state index contributed by atoms with van der Waals surface area (Å²) in [5, 5.41) is 10.1. The molecule has 3 rings (SSSR count). The zero-order valence-corrected chi connectivity index (χ0v) is 17.6. The van der Waals surface area contributed by atoms with Gasteiger partial charge in [-0.3, -0.25) is 14.5 Å². The van der Waals surface area contributed by atoms with E-state index in [1.165, 1.54) is 14.2 Å². The quantitative estimate of drug-likeness (QED) is 0.547. The van der Waals surface area contributed by atoms with Crippen molar-refractivity contribution in [3.05, 3.63) is 46.2 Å². The van der Waals surface area contributed by atoms with Crippen molar-refractivity contribution in [2.24, 2.45) is 0 Å². The molecule has 3 aromatic rings. The zero-order valence-electron chi connectivity index (χ0n) is 16.0. The van der Waals surface area contributed by atoms with Gasteiger partial charge in [0.2, 0.25) is 5.91 Å². The minimum absolute atomic E-state index is 0.0521. The van der Waals surface area contributed by atoms with E-state index in [9.17, 15) is 4.79 Å². The van der Waals surface area contributed by atoms with Gasteiger partial charge >= 0.3 is 0 Å². The van der Waals surface area contributed by atoms with E-state index in [2.05, 4.69) is 15.5 Å². The molecule has 0 aliphatic rings. The van der Waals surface area contributed by atoms with Crippen LogP contribution in [0.15, 0.2) is 36.4 Å². The lowest BCUT2D eigenvalue weighted by Crippen LogP contribution is -2.20. The summed E-state index contributed by atoms with van der Waals surface area (Å²) in [5.41, 5.74) is 1.21. The van der Waals surface area contributed by atoms with Crippen LogP contribution in [0.2, 0.25) is 5.02 Å². The minimum atomic E-state index is -0.322. The van der Waals surface area contributed by atoms with Crippen LogP contribution in [0.3, 0.4) is 0 Å². The molecule has 2 N–H and O–H groups in total. The van der Waals surface area contributed by atoms with E-state index in [1.54, 1.807) is 23.8 Å².